The van der Waals surface area contributed by atoms with Gasteiger partial charge in [-0.15, -0.1) is 0 Å². The summed E-state index contributed by atoms with van der Waals surface area (Å²) < 4.78 is 10.4. The summed E-state index contributed by atoms with van der Waals surface area (Å²) in [6, 6.07) is 12.7. The van der Waals surface area contributed by atoms with E-state index in [9.17, 15) is 4.79 Å². The zero-order valence-corrected chi connectivity index (χ0v) is 16.7. The van der Waals surface area contributed by atoms with Gasteiger partial charge in [0.05, 0.1) is 18.5 Å². The molecule has 0 fully saturated rings. The topological polar surface area (TPSA) is 80.5 Å². The first-order valence-electron chi connectivity index (χ1n) is 8.70. The van der Waals surface area contributed by atoms with Gasteiger partial charge in [0, 0.05) is 37.5 Å². The number of nitrogens with zero attached hydrogens (tertiary/aromatic N) is 3. The molecule has 0 spiro atoms. The van der Waals surface area contributed by atoms with Crippen molar-refractivity contribution < 1.29 is 14.1 Å². The molecule has 0 bridgehead atoms. The Morgan fingerprint density at radius 2 is 1.96 bits per heavy atom. The van der Waals surface area contributed by atoms with Crippen molar-refractivity contribution in [1.82, 2.24) is 10.1 Å². The quantitative estimate of drug-likeness (QED) is 0.644. The number of nitrogens with one attached hydrogen (secondary N) is 1. The SMILES string of the molecule is COc1ccc(-c2noc(CCC(=O)Nc3cc(Cl)ccc3N(C)C)n2)cc1. The van der Waals surface area contributed by atoms with E-state index in [1.165, 1.54) is 0 Å². The number of rotatable bonds is 7. The molecule has 2 aromatic carbocycles. The molecule has 0 aliphatic carbocycles. The van der Waals surface area contributed by atoms with Gasteiger partial charge in [0.25, 0.3) is 0 Å². The van der Waals surface area contributed by atoms with Gasteiger partial charge in [-0.3, -0.25) is 4.79 Å². The van der Waals surface area contributed by atoms with E-state index in [4.69, 9.17) is 20.9 Å². The molecule has 0 aliphatic heterocycles. The van der Waals surface area contributed by atoms with Crippen molar-refractivity contribution in [3.8, 4) is 17.1 Å². The van der Waals surface area contributed by atoms with Gasteiger partial charge in [-0.2, -0.15) is 4.98 Å². The molecule has 3 aromatic rings. The molecule has 0 saturated heterocycles. The minimum absolute atomic E-state index is 0.158. The maximum absolute atomic E-state index is 12.3. The number of aromatic nitrogens is 2. The highest BCUT2D eigenvalue weighted by Crippen LogP contribution is 2.28. The van der Waals surface area contributed by atoms with E-state index in [-0.39, 0.29) is 12.3 Å². The van der Waals surface area contributed by atoms with Gasteiger partial charge >= 0.3 is 0 Å². The van der Waals surface area contributed by atoms with Gasteiger partial charge in [0.1, 0.15) is 5.75 Å². The second kappa shape index (κ2) is 8.75. The normalized spacial score (nSPS) is 10.6. The Morgan fingerprint density at radius 3 is 2.64 bits per heavy atom. The standard InChI is InChI=1S/C20H21ClN4O3/c1-25(2)17-9-6-14(21)12-16(17)22-18(26)10-11-19-23-20(24-28-19)13-4-7-15(27-3)8-5-13/h4-9,12H,10-11H2,1-3H3,(H,22,26). The second-order valence-corrected chi connectivity index (χ2v) is 6.78. The fourth-order valence-electron chi connectivity index (χ4n) is 2.65. The van der Waals surface area contributed by atoms with Crippen molar-refractivity contribution in [2.24, 2.45) is 0 Å². The molecule has 0 atom stereocenters. The van der Waals surface area contributed by atoms with Crippen LogP contribution < -0.4 is 15.0 Å². The Bertz CT molecular complexity index is 954. The molecule has 1 aromatic heterocycles. The van der Waals surface area contributed by atoms with Gasteiger partial charge in [-0.25, -0.2) is 0 Å². The zero-order valence-electron chi connectivity index (χ0n) is 15.9. The number of halogens is 1. The lowest BCUT2D eigenvalue weighted by Crippen LogP contribution is -2.17. The molecule has 1 N–H and O–H groups in total. The van der Waals surface area contributed by atoms with Gasteiger partial charge in [0.2, 0.25) is 17.6 Å². The minimum Gasteiger partial charge on any atom is -0.497 e. The monoisotopic (exact) mass is 400 g/mol. The van der Waals surface area contributed by atoms with Crippen molar-refractivity contribution in [1.29, 1.82) is 0 Å². The summed E-state index contributed by atoms with van der Waals surface area (Å²) in [6.45, 7) is 0. The fourth-order valence-corrected chi connectivity index (χ4v) is 2.82. The third kappa shape index (κ3) is 4.80. The maximum atomic E-state index is 12.3. The number of hydrogen-bond acceptors (Lipinski definition) is 6. The summed E-state index contributed by atoms with van der Waals surface area (Å²) in [7, 11) is 5.41. The number of amides is 1. The number of aryl methyl sites for hydroxylation is 1. The molecule has 0 radical (unpaired) electrons. The second-order valence-electron chi connectivity index (χ2n) is 6.34. The van der Waals surface area contributed by atoms with Gasteiger partial charge in [0.15, 0.2) is 0 Å². The van der Waals surface area contributed by atoms with Gasteiger partial charge < -0.3 is 19.5 Å². The Balaban J connectivity index is 1.61. The van der Waals surface area contributed by atoms with Crippen LogP contribution in [0.4, 0.5) is 11.4 Å². The number of carbonyl (C=O) groups is 1. The predicted molar refractivity (Wildman–Crippen MR) is 109 cm³/mol. The molecule has 28 heavy (non-hydrogen) atoms. The van der Waals surface area contributed by atoms with Crippen LogP contribution in [0, 0.1) is 0 Å². The Morgan fingerprint density at radius 1 is 1.21 bits per heavy atom. The largest absolute Gasteiger partial charge is 0.497 e. The summed E-state index contributed by atoms with van der Waals surface area (Å²) >= 11 is 6.05. The number of methoxy groups -OCH3 is 1. The molecule has 1 heterocycles. The molecule has 1 amide bonds. The molecular weight excluding hydrogens is 380 g/mol. The lowest BCUT2D eigenvalue weighted by molar-refractivity contribution is -0.116. The van der Waals surface area contributed by atoms with E-state index < -0.39 is 0 Å². The van der Waals surface area contributed by atoms with Crippen molar-refractivity contribution >= 4 is 28.9 Å². The maximum Gasteiger partial charge on any atom is 0.227 e. The van der Waals surface area contributed by atoms with Gasteiger partial charge in [-0.1, -0.05) is 16.8 Å². The zero-order chi connectivity index (χ0) is 20.1. The first-order valence-corrected chi connectivity index (χ1v) is 9.08. The predicted octanol–water partition coefficient (Wildman–Crippen LogP) is 4.04. The van der Waals surface area contributed by atoms with Crippen LogP contribution in [0.5, 0.6) is 5.75 Å². The molecule has 0 aliphatic rings. The van der Waals surface area contributed by atoms with Crippen LogP contribution >= 0.6 is 11.6 Å². The number of hydrogen-bond donors (Lipinski definition) is 1. The lowest BCUT2D eigenvalue weighted by Gasteiger charge is -2.18. The summed E-state index contributed by atoms with van der Waals surface area (Å²) in [5, 5.41) is 7.41. The highest BCUT2D eigenvalue weighted by atomic mass is 35.5. The molecular formula is C20H21ClN4O3. The average Bonchev–Trinajstić information content (AvgIpc) is 3.15. The first-order chi connectivity index (χ1) is 13.5. The van der Waals surface area contributed by atoms with Crippen LogP contribution in [0.15, 0.2) is 47.0 Å². The van der Waals surface area contributed by atoms with Crippen LogP contribution in [-0.2, 0) is 11.2 Å². The van der Waals surface area contributed by atoms with Crippen LogP contribution in [0.25, 0.3) is 11.4 Å². The van der Waals surface area contributed by atoms with E-state index in [0.717, 1.165) is 17.0 Å². The molecule has 3 rings (SSSR count). The smallest absolute Gasteiger partial charge is 0.227 e. The van der Waals surface area contributed by atoms with E-state index in [1.807, 2.05) is 49.3 Å². The minimum atomic E-state index is -0.158. The van der Waals surface area contributed by atoms with Crippen LogP contribution in [0.3, 0.4) is 0 Å². The third-order valence-corrected chi connectivity index (χ3v) is 4.33. The first kappa shape index (κ1) is 19.7. The summed E-state index contributed by atoms with van der Waals surface area (Å²) in [6.07, 6.45) is 0.552. The third-order valence-electron chi connectivity index (χ3n) is 4.10. The van der Waals surface area contributed by atoms with E-state index in [0.29, 0.717) is 28.8 Å². The number of anilines is 2. The summed E-state index contributed by atoms with van der Waals surface area (Å²) in [5.74, 6) is 1.47. The van der Waals surface area contributed by atoms with Crippen LogP contribution in [0.1, 0.15) is 12.3 Å². The molecule has 7 nitrogen and oxygen atoms in total. The van der Waals surface area contributed by atoms with Crippen molar-refractivity contribution in [3.05, 3.63) is 53.4 Å². The molecule has 146 valence electrons. The number of ether oxygens (including phenoxy) is 1. The summed E-state index contributed by atoms with van der Waals surface area (Å²) in [5.41, 5.74) is 2.35. The van der Waals surface area contributed by atoms with Crippen LogP contribution in [0.2, 0.25) is 5.02 Å². The Kier molecular flexibility index (Phi) is 6.16. The van der Waals surface area contributed by atoms with Crippen molar-refractivity contribution in [3.63, 3.8) is 0 Å². The molecule has 0 unspecified atom stereocenters. The molecule has 8 heteroatoms. The lowest BCUT2D eigenvalue weighted by atomic mass is 10.2. The van der Waals surface area contributed by atoms with Crippen molar-refractivity contribution in [2.75, 3.05) is 31.4 Å². The highest BCUT2D eigenvalue weighted by molar-refractivity contribution is 6.31. The van der Waals surface area contributed by atoms with Crippen LogP contribution in [-0.4, -0.2) is 37.3 Å². The number of benzene rings is 2. The Labute approximate surface area is 168 Å². The fraction of sp³-hybridized carbons (Fsp3) is 0.250. The Hall–Kier alpha value is -3.06. The molecule has 0 saturated carbocycles. The van der Waals surface area contributed by atoms with E-state index in [1.54, 1.807) is 19.2 Å². The van der Waals surface area contributed by atoms with E-state index in [2.05, 4.69) is 15.5 Å². The summed E-state index contributed by atoms with van der Waals surface area (Å²) in [4.78, 5) is 18.6. The highest BCUT2D eigenvalue weighted by Gasteiger charge is 2.13. The number of carbonyl (C=O) groups excluding carboxylic acids is 1. The van der Waals surface area contributed by atoms with Crippen molar-refractivity contribution in [2.45, 2.75) is 12.8 Å². The average molecular weight is 401 g/mol. The van der Waals surface area contributed by atoms with E-state index >= 15 is 0 Å². The van der Waals surface area contributed by atoms with Gasteiger partial charge in [-0.05, 0) is 42.5 Å².